The molecule has 0 heterocycles. The van der Waals surface area contributed by atoms with Crippen molar-refractivity contribution in [1.29, 1.82) is 0 Å². The zero-order valence-corrected chi connectivity index (χ0v) is 9.14. The first kappa shape index (κ1) is 11.8. The average molecular weight is 189 g/mol. The van der Waals surface area contributed by atoms with Gasteiger partial charge in [-0.25, -0.2) is 0 Å². The van der Waals surface area contributed by atoms with Crippen LogP contribution in [0.4, 0.5) is 0 Å². The molecule has 0 aliphatic rings. The highest BCUT2D eigenvalue weighted by Crippen LogP contribution is 2.22. The van der Waals surface area contributed by atoms with Crippen LogP contribution in [0.25, 0.3) is 0 Å². The molecule has 0 amide bonds. The topological polar surface area (TPSA) is 37.3 Å². The van der Waals surface area contributed by atoms with E-state index >= 15 is 0 Å². The van der Waals surface area contributed by atoms with E-state index < -0.39 is 8.03 Å². The molecule has 1 unspecified atom stereocenters. The summed E-state index contributed by atoms with van der Waals surface area (Å²) in [7, 11) is -2.01. The fourth-order valence-electron chi connectivity index (χ4n) is 1.32. The Labute approximate surface area is 75.6 Å². The van der Waals surface area contributed by atoms with Gasteiger partial charge in [-0.3, -0.25) is 0 Å². The highest BCUT2D eigenvalue weighted by atomic mass is 31.1. The second-order valence-electron chi connectivity index (χ2n) is 3.55. The molecule has 0 aromatic carbocycles. The van der Waals surface area contributed by atoms with E-state index in [-0.39, 0.29) is 0 Å². The molecule has 0 aromatic rings. The lowest BCUT2D eigenvalue weighted by Crippen LogP contribution is -2.02. The van der Waals surface area contributed by atoms with E-state index in [1.165, 1.54) is 5.57 Å². The summed E-state index contributed by atoms with van der Waals surface area (Å²) in [5.41, 5.74) is 1.27. The predicted octanol–water partition coefficient (Wildman–Crippen LogP) is 2.96. The summed E-state index contributed by atoms with van der Waals surface area (Å²) in [6, 6.07) is 0. The van der Waals surface area contributed by atoms with E-state index in [0.717, 1.165) is 0 Å². The molecule has 0 aromatic heterocycles. The van der Waals surface area contributed by atoms with Crippen molar-refractivity contribution in [2.24, 2.45) is 11.8 Å². The lowest BCUT2D eigenvalue weighted by molar-refractivity contribution is 0.505. The molecule has 0 radical (unpaired) electrons. The van der Waals surface area contributed by atoms with E-state index in [9.17, 15) is 4.57 Å². The predicted molar refractivity (Wildman–Crippen MR) is 52.5 cm³/mol. The van der Waals surface area contributed by atoms with Crippen molar-refractivity contribution in [3.8, 4) is 0 Å². The Hall–Kier alpha value is -0.200. The van der Waals surface area contributed by atoms with Crippen LogP contribution in [0.3, 0.4) is 0 Å². The van der Waals surface area contributed by atoms with Gasteiger partial charge < -0.3 is 0 Å². The molecular weight excluding hydrogens is 171 g/mol. The van der Waals surface area contributed by atoms with Crippen LogP contribution in [0, 0.1) is 11.8 Å². The van der Waals surface area contributed by atoms with Gasteiger partial charge in [0.1, 0.15) is 0 Å². The Morgan fingerprint density at radius 2 is 1.75 bits per heavy atom. The van der Waals surface area contributed by atoms with Crippen molar-refractivity contribution in [3.63, 3.8) is 0 Å². The fraction of sp³-hybridized carbons (Fsp3) is 0.778. The summed E-state index contributed by atoms with van der Waals surface area (Å²) >= 11 is 0. The molecule has 1 N–H and O–H groups in total. The van der Waals surface area contributed by atoms with Gasteiger partial charge in [0.2, 0.25) is 0 Å². The molecule has 0 rings (SSSR count). The Morgan fingerprint density at radius 1 is 1.33 bits per heavy atom. The molecular formula is C9H18O2P+. The van der Waals surface area contributed by atoms with Gasteiger partial charge in [-0.05, 0) is 22.5 Å². The fourth-order valence-corrected chi connectivity index (χ4v) is 1.69. The van der Waals surface area contributed by atoms with Crippen LogP contribution in [0.2, 0.25) is 0 Å². The molecule has 0 aliphatic heterocycles. The SMILES string of the molecule is CC(C)C(=CC[P+](=O)O)C(C)C. The molecule has 12 heavy (non-hydrogen) atoms. The Balaban J connectivity index is 4.29. The summed E-state index contributed by atoms with van der Waals surface area (Å²) in [5, 5.41) is 0. The standard InChI is InChI=1S/C9H17O2P/c1-7(2)9(8(3)4)5-6-12(10)11/h5,7-8H,6H2,1-4H3/p+1. The van der Waals surface area contributed by atoms with Crippen molar-refractivity contribution >= 4 is 8.03 Å². The quantitative estimate of drug-likeness (QED) is 0.545. The molecule has 0 fully saturated rings. The molecule has 0 saturated heterocycles. The van der Waals surface area contributed by atoms with E-state index in [2.05, 4.69) is 27.7 Å². The summed E-state index contributed by atoms with van der Waals surface area (Å²) in [4.78, 5) is 8.63. The Bertz CT molecular complexity index is 173. The molecule has 2 nitrogen and oxygen atoms in total. The summed E-state index contributed by atoms with van der Waals surface area (Å²) in [6.45, 7) is 8.43. The highest BCUT2D eigenvalue weighted by molar-refractivity contribution is 7.38. The Morgan fingerprint density at radius 3 is 2.00 bits per heavy atom. The first-order valence-electron chi connectivity index (χ1n) is 4.28. The minimum Gasteiger partial charge on any atom is -0.160 e. The van der Waals surface area contributed by atoms with Gasteiger partial charge in [-0.1, -0.05) is 33.3 Å². The number of hydrogen-bond acceptors (Lipinski definition) is 1. The van der Waals surface area contributed by atoms with Gasteiger partial charge in [0, 0.05) is 0 Å². The van der Waals surface area contributed by atoms with Gasteiger partial charge in [0.15, 0.2) is 6.16 Å². The third kappa shape index (κ3) is 4.63. The molecule has 3 heteroatoms. The molecule has 0 saturated carbocycles. The van der Waals surface area contributed by atoms with Crippen LogP contribution >= 0.6 is 8.03 Å². The molecule has 1 atom stereocenters. The molecule has 0 aliphatic carbocycles. The summed E-state index contributed by atoms with van der Waals surface area (Å²) < 4.78 is 10.5. The largest absolute Gasteiger partial charge is 0.509 e. The Kier molecular flexibility index (Phi) is 5.36. The minimum atomic E-state index is -2.01. The normalized spacial score (nSPS) is 12.1. The van der Waals surface area contributed by atoms with E-state index in [0.29, 0.717) is 18.0 Å². The average Bonchev–Trinajstić information content (AvgIpc) is 1.84. The maximum atomic E-state index is 10.5. The van der Waals surface area contributed by atoms with Gasteiger partial charge in [-0.15, -0.1) is 0 Å². The lowest BCUT2D eigenvalue weighted by atomic mass is 9.93. The number of hydrogen-bond donors (Lipinski definition) is 1. The minimum absolute atomic E-state index is 0.293. The van der Waals surface area contributed by atoms with Gasteiger partial charge in [0.05, 0.1) is 0 Å². The van der Waals surface area contributed by atoms with E-state index in [1.54, 1.807) is 0 Å². The van der Waals surface area contributed by atoms with Crippen molar-refractivity contribution in [1.82, 2.24) is 0 Å². The highest BCUT2D eigenvalue weighted by Gasteiger charge is 2.12. The van der Waals surface area contributed by atoms with Crippen LogP contribution in [-0.2, 0) is 4.57 Å². The van der Waals surface area contributed by atoms with Crippen LogP contribution in [-0.4, -0.2) is 11.1 Å². The van der Waals surface area contributed by atoms with E-state index in [1.807, 2.05) is 6.08 Å². The summed E-state index contributed by atoms with van der Waals surface area (Å²) in [5.74, 6) is 0.944. The molecule has 70 valence electrons. The number of allylic oxidation sites excluding steroid dienone is 2. The monoisotopic (exact) mass is 189 g/mol. The van der Waals surface area contributed by atoms with Crippen LogP contribution in [0.15, 0.2) is 11.6 Å². The first-order valence-corrected chi connectivity index (χ1v) is 5.68. The smallest absolute Gasteiger partial charge is 0.160 e. The zero-order chi connectivity index (χ0) is 9.72. The third-order valence-corrected chi connectivity index (χ3v) is 2.31. The molecule has 0 bridgehead atoms. The second-order valence-corrected chi connectivity index (χ2v) is 4.62. The maximum absolute atomic E-state index is 10.5. The van der Waals surface area contributed by atoms with Crippen molar-refractivity contribution in [2.75, 3.05) is 6.16 Å². The lowest BCUT2D eigenvalue weighted by Gasteiger charge is -2.13. The first-order chi connectivity index (χ1) is 5.45. The second kappa shape index (κ2) is 5.45. The van der Waals surface area contributed by atoms with Gasteiger partial charge in [-0.2, -0.15) is 4.89 Å². The van der Waals surface area contributed by atoms with Crippen molar-refractivity contribution < 1.29 is 9.46 Å². The molecule has 0 spiro atoms. The van der Waals surface area contributed by atoms with Gasteiger partial charge >= 0.3 is 8.03 Å². The number of rotatable bonds is 4. The van der Waals surface area contributed by atoms with Crippen molar-refractivity contribution in [3.05, 3.63) is 11.6 Å². The summed E-state index contributed by atoms with van der Waals surface area (Å²) in [6.07, 6.45) is 2.19. The van der Waals surface area contributed by atoms with Crippen molar-refractivity contribution in [2.45, 2.75) is 27.7 Å². The maximum Gasteiger partial charge on any atom is 0.509 e. The third-order valence-electron chi connectivity index (χ3n) is 1.82. The van der Waals surface area contributed by atoms with E-state index in [4.69, 9.17) is 4.89 Å². The zero-order valence-electron chi connectivity index (χ0n) is 8.24. The van der Waals surface area contributed by atoms with Crippen LogP contribution in [0.5, 0.6) is 0 Å². The van der Waals surface area contributed by atoms with Crippen LogP contribution in [0.1, 0.15) is 27.7 Å². The van der Waals surface area contributed by atoms with Crippen LogP contribution < -0.4 is 0 Å². The van der Waals surface area contributed by atoms with Gasteiger partial charge in [0.25, 0.3) is 0 Å².